The smallest absolute Gasteiger partial charge is 0.0784 e. The Hall–Kier alpha value is -1.39. The number of hydrogen-bond acceptors (Lipinski definition) is 0. The highest BCUT2D eigenvalue weighted by molar-refractivity contribution is 6.89. The van der Waals surface area contributed by atoms with Crippen molar-refractivity contribution in [3.63, 3.8) is 0 Å². The highest BCUT2D eigenvalue weighted by Gasteiger charge is 2.21. The van der Waals surface area contributed by atoms with Crippen molar-refractivity contribution in [2.75, 3.05) is 0 Å². The average Bonchev–Trinajstić information content (AvgIpc) is 2.39. The zero-order chi connectivity index (χ0) is 14.8. The Morgan fingerprint density at radius 3 is 2.30 bits per heavy atom. The third-order valence-electron chi connectivity index (χ3n) is 3.50. The summed E-state index contributed by atoms with van der Waals surface area (Å²) in [5, 5.41) is 1.51. The van der Waals surface area contributed by atoms with Crippen molar-refractivity contribution >= 4 is 29.1 Å². The minimum atomic E-state index is -1.37. The second kappa shape index (κ2) is 5.94. The summed E-state index contributed by atoms with van der Waals surface area (Å²) < 4.78 is 0. The van der Waals surface area contributed by atoms with Gasteiger partial charge in [-0.15, -0.1) is 0 Å². The average molecular weight is 294 g/mol. The van der Waals surface area contributed by atoms with E-state index in [9.17, 15) is 0 Å². The van der Waals surface area contributed by atoms with Gasteiger partial charge in [-0.3, -0.25) is 0 Å². The third kappa shape index (κ3) is 3.19. The number of hydrogen-bond donors (Lipinski definition) is 0. The molecule has 0 heterocycles. The van der Waals surface area contributed by atoms with E-state index in [1.165, 1.54) is 27.5 Å². The molecular weight excluding hydrogens is 272 g/mol. The molecule has 101 valence electrons. The van der Waals surface area contributed by atoms with Gasteiger partial charge in [0.15, 0.2) is 0 Å². The second-order valence-electron chi connectivity index (χ2n) is 6.22. The van der Waals surface area contributed by atoms with E-state index in [1.807, 2.05) is 5.70 Å². The van der Waals surface area contributed by atoms with Crippen molar-refractivity contribution in [3.8, 4) is 0 Å². The molecule has 0 aliphatic carbocycles. The summed E-state index contributed by atoms with van der Waals surface area (Å²) in [5.41, 5.74) is 7.23. The Bertz CT molecular complexity index is 634. The molecule has 0 aliphatic heterocycles. The predicted octanol–water partition coefficient (Wildman–Crippen LogP) is 4.10. The number of benzene rings is 2. The quantitative estimate of drug-likeness (QED) is 0.748. The lowest BCUT2D eigenvalue weighted by atomic mass is 9.98. The van der Waals surface area contributed by atoms with Crippen LogP contribution in [-0.2, 0) is 0 Å². The first-order valence-electron chi connectivity index (χ1n) is 6.98. The highest BCUT2D eigenvalue weighted by atomic mass is 28.3. The van der Waals surface area contributed by atoms with Crippen LogP contribution in [0, 0.1) is 6.92 Å². The first-order valence-corrected chi connectivity index (χ1v) is 11.1. The van der Waals surface area contributed by atoms with E-state index in [2.05, 4.69) is 85.3 Å². The maximum absolute atomic E-state index is 3.62. The third-order valence-corrected chi connectivity index (χ3v) is 5.84. The second-order valence-corrected chi connectivity index (χ2v) is 11.6. The molecule has 20 heavy (non-hydrogen) atoms. The highest BCUT2D eigenvalue weighted by Crippen LogP contribution is 2.24. The van der Waals surface area contributed by atoms with Crippen LogP contribution >= 0.6 is 0 Å². The van der Waals surface area contributed by atoms with E-state index in [4.69, 9.17) is 0 Å². The molecule has 0 nitrogen and oxygen atoms in total. The summed E-state index contributed by atoms with van der Waals surface area (Å²) in [6.45, 7) is 9.33. The molecule has 2 aromatic rings. The summed E-state index contributed by atoms with van der Waals surface area (Å²) in [7, 11) is 2.26. The molecule has 2 aromatic carbocycles. The van der Waals surface area contributed by atoms with Crippen LogP contribution in [0.15, 0.2) is 54.2 Å². The summed E-state index contributed by atoms with van der Waals surface area (Å²) >= 11 is 0. The van der Waals surface area contributed by atoms with Crippen molar-refractivity contribution in [2.45, 2.75) is 26.6 Å². The van der Waals surface area contributed by atoms with Gasteiger partial charge in [0.25, 0.3) is 0 Å². The minimum absolute atomic E-state index is 1.27. The lowest BCUT2D eigenvalue weighted by molar-refractivity contribution is 1.44. The first kappa shape index (κ1) is 15.0. The zero-order valence-electron chi connectivity index (χ0n) is 12.7. The van der Waals surface area contributed by atoms with Crippen LogP contribution in [-0.4, -0.2) is 18.3 Å². The van der Waals surface area contributed by atoms with Gasteiger partial charge in [0, 0.05) is 0 Å². The molecule has 0 bridgehead atoms. The Morgan fingerprint density at radius 1 is 1.00 bits per heavy atom. The van der Waals surface area contributed by atoms with Crippen LogP contribution in [0.1, 0.15) is 16.7 Å². The monoisotopic (exact) mass is 293 g/mol. The Labute approximate surface area is 127 Å². The molecule has 2 rings (SSSR count). The van der Waals surface area contributed by atoms with Gasteiger partial charge in [-0.2, -0.15) is 0 Å². The van der Waals surface area contributed by atoms with Gasteiger partial charge in [-0.25, -0.2) is 0 Å². The largest absolute Gasteiger partial charge is 0.0937 e. The van der Waals surface area contributed by atoms with Gasteiger partial charge in [0.05, 0.1) is 18.3 Å². The molecule has 0 unspecified atom stereocenters. The number of aryl methyl sites for hydroxylation is 1. The zero-order valence-corrected chi connectivity index (χ0v) is 14.7. The lowest BCUT2D eigenvalue weighted by Crippen LogP contribution is -2.39. The van der Waals surface area contributed by atoms with Crippen LogP contribution in [0.25, 0.3) is 5.57 Å². The Kier molecular flexibility index (Phi) is 4.46. The molecular formula is C18H21Si2. The molecule has 0 aliphatic rings. The fourth-order valence-electron chi connectivity index (χ4n) is 2.50. The minimum Gasteiger partial charge on any atom is -0.0937 e. The summed E-state index contributed by atoms with van der Waals surface area (Å²) in [4.78, 5) is 0. The van der Waals surface area contributed by atoms with Gasteiger partial charge in [0.1, 0.15) is 0 Å². The SMILES string of the molecule is Cc1cccc(C(=C[Si])c2ccccc2[Si](C)(C)C)c1. The van der Waals surface area contributed by atoms with Gasteiger partial charge < -0.3 is 0 Å². The molecule has 0 aromatic heterocycles. The fraction of sp³-hybridized carbons (Fsp3) is 0.222. The topological polar surface area (TPSA) is 0 Å². The van der Waals surface area contributed by atoms with E-state index in [0.717, 1.165) is 0 Å². The molecule has 0 N–H and O–H groups in total. The van der Waals surface area contributed by atoms with Gasteiger partial charge >= 0.3 is 0 Å². The van der Waals surface area contributed by atoms with E-state index in [0.29, 0.717) is 0 Å². The summed E-state index contributed by atoms with van der Waals surface area (Å²) in [6, 6.07) is 17.5. The van der Waals surface area contributed by atoms with Crippen molar-refractivity contribution in [1.29, 1.82) is 0 Å². The molecule has 0 atom stereocenters. The van der Waals surface area contributed by atoms with E-state index in [1.54, 1.807) is 0 Å². The summed E-state index contributed by atoms with van der Waals surface area (Å²) in [5.74, 6) is 0. The molecule has 0 fully saturated rings. The van der Waals surface area contributed by atoms with Crippen LogP contribution < -0.4 is 5.19 Å². The van der Waals surface area contributed by atoms with E-state index in [-0.39, 0.29) is 0 Å². The van der Waals surface area contributed by atoms with Crippen molar-refractivity contribution < 1.29 is 0 Å². The van der Waals surface area contributed by atoms with Crippen molar-refractivity contribution in [3.05, 3.63) is 70.9 Å². The normalized spacial score (nSPS) is 12.6. The summed E-state index contributed by atoms with van der Waals surface area (Å²) in [6.07, 6.45) is 0. The number of rotatable bonds is 3. The van der Waals surface area contributed by atoms with Crippen LogP contribution in [0.3, 0.4) is 0 Å². The predicted molar refractivity (Wildman–Crippen MR) is 93.4 cm³/mol. The molecule has 3 radical (unpaired) electrons. The van der Waals surface area contributed by atoms with Crippen LogP contribution in [0.4, 0.5) is 0 Å². The Morgan fingerprint density at radius 2 is 1.70 bits per heavy atom. The van der Waals surface area contributed by atoms with Crippen molar-refractivity contribution in [1.82, 2.24) is 0 Å². The van der Waals surface area contributed by atoms with Crippen LogP contribution in [0.5, 0.6) is 0 Å². The molecule has 0 saturated heterocycles. The van der Waals surface area contributed by atoms with Gasteiger partial charge in [-0.1, -0.05) is 84.6 Å². The van der Waals surface area contributed by atoms with Crippen molar-refractivity contribution in [2.24, 2.45) is 0 Å². The van der Waals surface area contributed by atoms with Gasteiger partial charge in [0.2, 0.25) is 0 Å². The first-order chi connectivity index (χ1) is 9.43. The molecule has 0 amide bonds. The standard InChI is InChI=1S/C18H21Si2/c1-14-8-7-9-15(12-14)17(13-19)16-10-5-6-11-18(16)20(2,3)4/h5-13H,1-4H3. The fourth-order valence-corrected chi connectivity index (χ4v) is 4.45. The Balaban J connectivity index is 2.60. The maximum atomic E-state index is 3.62. The molecule has 0 saturated carbocycles. The molecule has 2 heteroatoms. The van der Waals surface area contributed by atoms with Gasteiger partial charge in [-0.05, 0) is 23.6 Å². The lowest BCUT2D eigenvalue weighted by Gasteiger charge is -2.22. The maximum Gasteiger partial charge on any atom is 0.0784 e. The van der Waals surface area contributed by atoms with E-state index >= 15 is 0 Å². The van der Waals surface area contributed by atoms with Crippen LogP contribution in [0.2, 0.25) is 19.6 Å². The van der Waals surface area contributed by atoms with E-state index < -0.39 is 8.07 Å². The molecule has 0 spiro atoms.